The number of benzene rings is 7. The molecule has 0 unspecified atom stereocenters. The third-order valence-corrected chi connectivity index (χ3v) is 11.6. The largest absolute Gasteiger partial charge is 0.456 e. The minimum Gasteiger partial charge on any atom is -0.456 e. The summed E-state index contributed by atoms with van der Waals surface area (Å²) in [5, 5.41) is 7.18. The molecule has 8 aromatic rings. The van der Waals surface area contributed by atoms with Gasteiger partial charge in [-0.1, -0.05) is 171 Å². The van der Waals surface area contributed by atoms with E-state index in [1.807, 2.05) is 30.4 Å². The van der Waals surface area contributed by atoms with Crippen molar-refractivity contribution in [3.05, 3.63) is 235 Å². The van der Waals surface area contributed by atoms with Gasteiger partial charge < -0.3 is 4.42 Å². The Bertz CT molecular complexity index is 3090. The van der Waals surface area contributed by atoms with E-state index in [0.29, 0.717) is 0 Å². The van der Waals surface area contributed by atoms with Gasteiger partial charge in [0, 0.05) is 10.8 Å². The lowest BCUT2D eigenvalue weighted by molar-refractivity contribution is 0.669. The molecule has 278 valence electrons. The average Bonchev–Trinajstić information content (AvgIpc) is 3.65. The zero-order valence-corrected chi connectivity index (χ0v) is 33.1. The van der Waals surface area contributed by atoms with E-state index in [9.17, 15) is 0 Å². The molecule has 0 amide bonds. The Morgan fingerprint density at radius 2 is 1.07 bits per heavy atom. The highest BCUT2D eigenvalue weighted by Crippen LogP contribution is 2.45. The number of allylic oxidation sites excluding steroid dienone is 13. The van der Waals surface area contributed by atoms with Gasteiger partial charge in [-0.25, -0.2) is 0 Å². The Kier molecular flexibility index (Phi) is 9.65. The molecule has 1 nitrogen and oxygen atoms in total. The van der Waals surface area contributed by atoms with Crippen molar-refractivity contribution in [1.82, 2.24) is 0 Å². The van der Waals surface area contributed by atoms with Crippen LogP contribution in [0.1, 0.15) is 25.8 Å². The highest BCUT2D eigenvalue weighted by molar-refractivity contribution is 6.21. The Balaban J connectivity index is 1.18. The zero-order chi connectivity index (χ0) is 39.8. The standard InChI is InChI=1S/C57H44O/c1-6-19-47-44(33-38(8-3)45(9-4)46(47)10-5)32-37(7-2)39-20-17-22-42(34-39)56-49-25-11-13-27-51(49)57(52-28-14-12-26-50(52)56)43-23-18-21-40(35-43)41-30-31-55-53(36-41)48-24-15-16-29-54(48)58-55/h6-32,34-36H,3-5,33H2,1-2H3/b19-6-,37-7+,44-32+. The molecule has 9 rings (SSSR count). The highest BCUT2D eigenvalue weighted by Gasteiger charge is 2.21. The summed E-state index contributed by atoms with van der Waals surface area (Å²) in [6, 6.07) is 50.6. The first-order valence-corrected chi connectivity index (χ1v) is 20.0. The van der Waals surface area contributed by atoms with Crippen LogP contribution in [0.5, 0.6) is 0 Å². The van der Waals surface area contributed by atoms with Crippen molar-refractivity contribution >= 4 is 49.1 Å². The molecule has 1 aromatic heterocycles. The van der Waals surface area contributed by atoms with Crippen molar-refractivity contribution in [2.75, 3.05) is 0 Å². The summed E-state index contributed by atoms with van der Waals surface area (Å²) < 4.78 is 6.16. The van der Waals surface area contributed by atoms with Gasteiger partial charge in [-0.2, -0.15) is 0 Å². The average molecular weight is 745 g/mol. The summed E-state index contributed by atoms with van der Waals surface area (Å²) >= 11 is 0. The third kappa shape index (κ3) is 6.22. The van der Waals surface area contributed by atoms with E-state index >= 15 is 0 Å². The number of hydrogen-bond acceptors (Lipinski definition) is 1. The predicted molar refractivity (Wildman–Crippen MR) is 251 cm³/mol. The fourth-order valence-corrected chi connectivity index (χ4v) is 8.91. The third-order valence-electron chi connectivity index (χ3n) is 11.6. The van der Waals surface area contributed by atoms with Gasteiger partial charge in [0.25, 0.3) is 0 Å². The zero-order valence-electron chi connectivity index (χ0n) is 33.1. The highest BCUT2D eigenvalue weighted by atomic mass is 16.3. The van der Waals surface area contributed by atoms with Crippen LogP contribution in [-0.4, -0.2) is 0 Å². The molecule has 0 radical (unpaired) electrons. The van der Waals surface area contributed by atoms with Crippen molar-refractivity contribution in [2.24, 2.45) is 0 Å². The van der Waals surface area contributed by atoms with Gasteiger partial charge in [-0.3, -0.25) is 0 Å². The van der Waals surface area contributed by atoms with Crippen LogP contribution in [0, 0.1) is 0 Å². The van der Waals surface area contributed by atoms with E-state index in [1.165, 1.54) is 66.1 Å². The summed E-state index contributed by atoms with van der Waals surface area (Å²) in [4.78, 5) is 0. The number of hydrogen-bond donors (Lipinski definition) is 0. The first-order valence-electron chi connectivity index (χ1n) is 20.0. The minimum atomic E-state index is 0.770. The molecule has 0 spiro atoms. The smallest absolute Gasteiger partial charge is 0.135 e. The number of rotatable bonds is 9. The molecular weight excluding hydrogens is 701 g/mol. The van der Waals surface area contributed by atoms with Crippen molar-refractivity contribution in [3.8, 4) is 33.4 Å². The molecule has 0 saturated heterocycles. The first-order chi connectivity index (χ1) is 28.5. The van der Waals surface area contributed by atoms with E-state index in [1.54, 1.807) is 0 Å². The Hall–Kier alpha value is -7.22. The molecule has 0 atom stereocenters. The summed E-state index contributed by atoms with van der Waals surface area (Å²) in [6.45, 7) is 16.6. The lowest BCUT2D eigenvalue weighted by atomic mass is 9.80. The van der Waals surface area contributed by atoms with Gasteiger partial charge in [-0.15, -0.1) is 0 Å². The van der Waals surface area contributed by atoms with Crippen LogP contribution in [0.2, 0.25) is 0 Å². The lowest BCUT2D eigenvalue weighted by Crippen LogP contribution is -2.05. The second kappa shape index (κ2) is 15.4. The topological polar surface area (TPSA) is 13.1 Å². The Labute approximate surface area is 341 Å². The molecule has 0 aliphatic heterocycles. The van der Waals surface area contributed by atoms with Crippen molar-refractivity contribution in [2.45, 2.75) is 20.3 Å². The number of furan rings is 1. The van der Waals surface area contributed by atoms with E-state index in [4.69, 9.17) is 4.42 Å². The van der Waals surface area contributed by atoms with Crippen molar-refractivity contribution in [3.63, 3.8) is 0 Å². The van der Waals surface area contributed by atoms with Crippen LogP contribution >= 0.6 is 0 Å². The van der Waals surface area contributed by atoms with Crippen LogP contribution < -0.4 is 0 Å². The second-order valence-corrected chi connectivity index (χ2v) is 14.8. The van der Waals surface area contributed by atoms with Crippen molar-refractivity contribution in [1.29, 1.82) is 0 Å². The SMILES string of the molecule is C=CC1=C(C=C)C(C=C)=C(/C=C\C)/C(=C/C(=C\C)c2cccc(-c3c4ccccc4c(-c4cccc(-c5ccc6oc7ccccc7c6c5)c4)c4ccccc34)c2)C1. The predicted octanol–water partition coefficient (Wildman–Crippen LogP) is 16.4. The van der Waals surface area contributed by atoms with Crippen molar-refractivity contribution < 1.29 is 4.42 Å². The molecule has 1 aliphatic rings. The summed E-state index contributed by atoms with van der Waals surface area (Å²) in [6.07, 6.45) is 15.4. The summed E-state index contributed by atoms with van der Waals surface area (Å²) in [7, 11) is 0. The van der Waals surface area contributed by atoms with Gasteiger partial charge in [0.05, 0.1) is 0 Å². The number of para-hydroxylation sites is 1. The van der Waals surface area contributed by atoms with Crippen LogP contribution in [0.25, 0.3) is 82.4 Å². The Morgan fingerprint density at radius 3 is 1.69 bits per heavy atom. The van der Waals surface area contributed by atoms with Gasteiger partial charge >= 0.3 is 0 Å². The normalized spacial score (nSPS) is 14.4. The fourth-order valence-electron chi connectivity index (χ4n) is 8.91. The summed E-state index contributed by atoms with van der Waals surface area (Å²) in [5.74, 6) is 0. The van der Waals surface area contributed by atoms with E-state index in [-0.39, 0.29) is 0 Å². The number of fused-ring (bicyclic) bond motifs is 5. The summed E-state index contributed by atoms with van der Waals surface area (Å²) in [5.41, 5.74) is 17.1. The monoisotopic (exact) mass is 744 g/mol. The molecule has 0 saturated carbocycles. The molecule has 58 heavy (non-hydrogen) atoms. The maximum absolute atomic E-state index is 6.16. The van der Waals surface area contributed by atoms with E-state index < -0.39 is 0 Å². The molecule has 1 heteroatoms. The van der Waals surface area contributed by atoms with Gasteiger partial charge in [0.1, 0.15) is 11.2 Å². The Morgan fingerprint density at radius 1 is 0.500 bits per heavy atom. The molecule has 0 bridgehead atoms. The quantitative estimate of drug-likeness (QED) is 0.134. The second-order valence-electron chi connectivity index (χ2n) is 14.8. The molecule has 1 aliphatic carbocycles. The van der Waals surface area contributed by atoms with Crippen LogP contribution in [0.3, 0.4) is 0 Å². The maximum atomic E-state index is 6.16. The van der Waals surface area contributed by atoms with E-state index in [2.05, 4.69) is 185 Å². The van der Waals surface area contributed by atoms with Gasteiger partial charge in [0.2, 0.25) is 0 Å². The van der Waals surface area contributed by atoms with Gasteiger partial charge in [-0.05, 0) is 145 Å². The molecular formula is C57H44O. The maximum Gasteiger partial charge on any atom is 0.135 e. The minimum absolute atomic E-state index is 0.770. The molecule has 0 fully saturated rings. The van der Waals surface area contributed by atoms with Gasteiger partial charge in [0.15, 0.2) is 0 Å². The first kappa shape index (κ1) is 36.4. The van der Waals surface area contributed by atoms with Crippen LogP contribution in [-0.2, 0) is 0 Å². The molecule has 1 heterocycles. The molecule has 7 aromatic carbocycles. The molecule has 0 N–H and O–H groups in total. The van der Waals surface area contributed by atoms with Crippen LogP contribution in [0.4, 0.5) is 0 Å². The van der Waals surface area contributed by atoms with E-state index in [0.717, 1.165) is 56.2 Å². The fraction of sp³-hybridized carbons (Fsp3) is 0.0526. The van der Waals surface area contributed by atoms with Crippen LogP contribution in [0.15, 0.2) is 234 Å². The lowest BCUT2D eigenvalue weighted by Gasteiger charge is -2.24.